The van der Waals surface area contributed by atoms with E-state index >= 15 is 0 Å². The number of hydrogen-bond acceptors (Lipinski definition) is 2. The highest BCUT2D eigenvalue weighted by Crippen LogP contribution is 2.39. The lowest BCUT2D eigenvalue weighted by atomic mass is 10.0. The van der Waals surface area contributed by atoms with Crippen LogP contribution in [-0.2, 0) is 4.74 Å². The SMILES string of the molecule is CC(=CCSc1ccc2ccccc2c1)CCC1OC1(C)C. The summed E-state index contributed by atoms with van der Waals surface area (Å²) in [5.41, 5.74) is 1.60. The molecule has 2 heteroatoms. The highest BCUT2D eigenvalue weighted by atomic mass is 32.2. The van der Waals surface area contributed by atoms with E-state index < -0.39 is 0 Å². The molecule has 1 fully saturated rings. The van der Waals surface area contributed by atoms with E-state index in [9.17, 15) is 0 Å². The monoisotopic (exact) mass is 312 g/mol. The fraction of sp³-hybridized carbons (Fsp3) is 0.400. The van der Waals surface area contributed by atoms with Crippen molar-refractivity contribution in [2.45, 2.75) is 50.2 Å². The van der Waals surface area contributed by atoms with E-state index in [1.54, 1.807) is 0 Å². The van der Waals surface area contributed by atoms with Gasteiger partial charge in [-0.25, -0.2) is 0 Å². The maximum atomic E-state index is 5.64. The van der Waals surface area contributed by atoms with Gasteiger partial charge in [-0.2, -0.15) is 0 Å². The minimum absolute atomic E-state index is 0.125. The summed E-state index contributed by atoms with van der Waals surface area (Å²) in [6.45, 7) is 6.58. The van der Waals surface area contributed by atoms with Gasteiger partial charge in [0.1, 0.15) is 0 Å². The molecule has 0 spiro atoms. The molecule has 1 unspecified atom stereocenters. The fourth-order valence-electron chi connectivity index (χ4n) is 2.74. The Kier molecular flexibility index (Phi) is 4.60. The summed E-state index contributed by atoms with van der Waals surface area (Å²) in [5.74, 6) is 1.04. The van der Waals surface area contributed by atoms with Gasteiger partial charge in [0.2, 0.25) is 0 Å². The standard InChI is InChI=1S/C20H24OS/c1-15(8-11-19-20(2,3)21-19)12-13-22-18-10-9-16-6-4-5-7-17(16)14-18/h4-7,9-10,12,14,19H,8,11,13H2,1-3H3. The topological polar surface area (TPSA) is 12.5 Å². The number of allylic oxidation sites excluding steroid dienone is 1. The maximum Gasteiger partial charge on any atom is 0.0892 e. The van der Waals surface area contributed by atoms with Crippen molar-refractivity contribution >= 4 is 22.5 Å². The van der Waals surface area contributed by atoms with Crippen LogP contribution in [0.2, 0.25) is 0 Å². The van der Waals surface area contributed by atoms with Crippen molar-refractivity contribution in [3.63, 3.8) is 0 Å². The zero-order valence-electron chi connectivity index (χ0n) is 13.6. The van der Waals surface area contributed by atoms with Crippen molar-refractivity contribution in [1.29, 1.82) is 0 Å². The first-order valence-corrected chi connectivity index (χ1v) is 8.98. The Morgan fingerprint density at radius 1 is 1.18 bits per heavy atom. The lowest BCUT2D eigenvalue weighted by Crippen LogP contribution is -2.02. The minimum Gasteiger partial charge on any atom is -0.367 e. The molecule has 0 aliphatic carbocycles. The molecule has 116 valence electrons. The highest BCUT2D eigenvalue weighted by Gasteiger charge is 2.46. The van der Waals surface area contributed by atoms with E-state index in [2.05, 4.69) is 69.3 Å². The third kappa shape index (κ3) is 3.93. The highest BCUT2D eigenvalue weighted by molar-refractivity contribution is 7.99. The Bertz CT molecular complexity index is 687. The molecule has 22 heavy (non-hydrogen) atoms. The van der Waals surface area contributed by atoms with Crippen LogP contribution >= 0.6 is 11.8 Å². The molecule has 1 aliphatic heterocycles. The minimum atomic E-state index is 0.125. The van der Waals surface area contributed by atoms with Crippen LogP contribution in [-0.4, -0.2) is 17.5 Å². The molecule has 1 saturated heterocycles. The fourth-order valence-corrected chi connectivity index (χ4v) is 3.67. The average molecular weight is 312 g/mol. The molecule has 0 radical (unpaired) electrons. The van der Waals surface area contributed by atoms with Crippen LogP contribution in [0.5, 0.6) is 0 Å². The smallest absolute Gasteiger partial charge is 0.0892 e. The zero-order valence-corrected chi connectivity index (χ0v) is 14.5. The van der Waals surface area contributed by atoms with Crippen LogP contribution in [0.4, 0.5) is 0 Å². The van der Waals surface area contributed by atoms with E-state index in [-0.39, 0.29) is 5.60 Å². The van der Waals surface area contributed by atoms with E-state index in [1.165, 1.54) is 21.2 Å². The number of ether oxygens (including phenoxy) is 1. The second kappa shape index (κ2) is 6.47. The van der Waals surface area contributed by atoms with Crippen LogP contribution in [0.3, 0.4) is 0 Å². The summed E-state index contributed by atoms with van der Waals surface area (Å²) in [7, 11) is 0. The largest absolute Gasteiger partial charge is 0.367 e. The Balaban J connectivity index is 1.49. The molecule has 0 saturated carbocycles. The lowest BCUT2D eigenvalue weighted by molar-refractivity contribution is 0.320. The molecular weight excluding hydrogens is 288 g/mol. The lowest BCUT2D eigenvalue weighted by Gasteiger charge is -2.03. The summed E-state index contributed by atoms with van der Waals surface area (Å²) >= 11 is 1.91. The van der Waals surface area contributed by atoms with Gasteiger partial charge >= 0.3 is 0 Å². The van der Waals surface area contributed by atoms with Gasteiger partial charge in [-0.15, -0.1) is 11.8 Å². The predicted molar refractivity (Wildman–Crippen MR) is 96.6 cm³/mol. The summed E-state index contributed by atoms with van der Waals surface area (Å²) in [5, 5.41) is 2.63. The number of benzene rings is 2. The summed E-state index contributed by atoms with van der Waals surface area (Å²) in [6.07, 6.45) is 5.11. The van der Waals surface area contributed by atoms with Crippen LogP contribution < -0.4 is 0 Å². The molecule has 0 amide bonds. The van der Waals surface area contributed by atoms with Gasteiger partial charge in [0.25, 0.3) is 0 Å². The summed E-state index contributed by atoms with van der Waals surface area (Å²) < 4.78 is 5.64. The molecule has 1 atom stereocenters. The summed E-state index contributed by atoms with van der Waals surface area (Å²) in [4.78, 5) is 1.34. The van der Waals surface area contributed by atoms with Gasteiger partial charge in [0, 0.05) is 10.6 Å². The number of rotatable bonds is 6. The second-order valence-corrected chi connectivity index (χ2v) is 7.71. The van der Waals surface area contributed by atoms with Gasteiger partial charge in [0.15, 0.2) is 0 Å². The molecular formula is C20H24OS. The Labute approximate surface area is 137 Å². The zero-order chi connectivity index (χ0) is 15.6. The predicted octanol–water partition coefficient (Wildman–Crippen LogP) is 5.84. The molecule has 1 nitrogen and oxygen atoms in total. The first-order valence-electron chi connectivity index (χ1n) is 8.00. The molecule has 1 aliphatic rings. The Morgan fingerprint density at radius 2 is 1.91 bits per heavy atom. The van der Waals surface area contributed by atoms with Crippen molar-refractivity contribution in [3.05, 3.63) is 54.1 Å². The molecule has 2 aromatic rings. The molecule has 0 aromatic heterocycles. The molecule has 2 aromatic carbocycles. The van der Waals surface area contributed by atoms with Gasteiger partial charge in [0.05, 0.1) is 11.7 Å². The van der Waals surface area contributed by atoms with Gasteiger partial charge in [-0.1, -0.05) is 42.0 Å². The Hall–Kier alpha value is -1.25. The van der Waals surface area contributed by atoms with E-state index in [4.69, 9.17) is 4.74 Å². The average Bonchev–Trinajstić information content (AvgIpc) is 3.12. The van der Waals surface area contributed by atoms with E-state index in [0.29, 0.717) is 6.10 Å². The molecule has 1 heterocycles. The first kappa shape index (κ1) is 15.6. The van der Waals surface area contributed by atoms with Crippen molar-refractivity contribution < 1.29 is 4.74 Å². The quantitative estimate of drug-likeness (QED) is 0.378. The van der Waals surface area contributed by atoms with Crippen LogP contribution in [0.25, 0.3) is 10.8 Å². The normalized spacial score (nSPS) is 20.3. The van der Waals surface area contributed by atoms with E-state index in [1.807, 2.05) is 11.8 Å². The molecule has 0 bridgehead atoms. The first-order chi connectivity index (χ1) is 10.5. The van der Waals surface area contributed by atoms with Gasteiger partial charge in [-0.05, 0) is 56.5 Å². The van der Waals surface area contributed by atoms with E-state index in [0.717, 1.165) is 18.6 Å². The summed E-state index contributed by atoms with van der Waals surface area (Å²) in [6, 6.07) is 15.2. The maximum absolute atomic E-state index is 5.64. The van der Waals surface area contributed by atoms with Crippen molar-refractivity contribution in [2.24, 2.45) is 0 Å². The number of thioether (sulfide) groups is 1. The van der Waals surface area contributed by atoms with Gasteiger partial charge in [-0.3, -0.25) is 0 Å². The van der Waals surface area contributed by atoms with Crippen molar-refractivity contribution in [2.75, 3.05) is 5.75 Å². The second-order valence-electron chi connectivity index (χ2n) is 6.62. The number of fused-ring (bicyclic) bond motifs is 1. The van der Waals surface area contributed by atoms with Crippen molar-refractivity contribution in [1.82, 2.24) is 0 Å². The van der Waals surface area contributed by atoms with Crippen LogP contribution in [0.1, 0.15) is 33.6 Å². The van der Waals surface area contributed by atoms with Crippen molar-refractivity contribution in [3.8, 4) is 0 Å². The van der Waals surface area contributed by atoms with Crippen LogP contribution in [0.15, 0.2) is 59.0 Å². The van der Waals surface area contributed by atoms with Crippen LogP contribution in [0, 0.1) is 0 Å². The third-order valence-corrected chi connectivity index (χ3v) is 5.29. The van der Waals surface area contributed by atoms with Gasteiger partial charge < -0.3 is 4.74 Å². The number of epoxide rings is 1. The third-order valence-electron chi connectivity index (χ3n) is 4.37. The Morgan fingerprint density at radius 3 is 2.64 bits per heavy atom. The number of hydrogen-bond donors (Lipinski definition) is 0. The molecule has 3 rings (SSSR count). The molecule has 0 N–H and O–H groups in total.